The average molecular weight is 411 g/mol. The first-order valence-corrected chi connectivity index (χ1v) is 9.84. The summed E-state index contributed by atoms with van der Waals surface area (Å²) in [6.07, 6.45) is 2.54. The molecule has 0 N–H and O–H groups in total. The lowest BCUT2D eigenvalue weighted by molar-refractivity contribution is -0.133. The van der Waals surface area contributed by atoms with Crippen LogP contribution in [-0.4, -0.2) is 51.7 Å². The maximum Gasteiger partial charge on any atom is 0.289 e. The van der Waals surface area contributed by atoms with Gasteiger partial charge >= 0.3 is 0 Å². The van der Waals surface area contributed by atoms with E-state index in [9.17, 15) is 14.4 Å². The van der Waals surface area contributed by atoms with Crippen molar-refractivity contribution in [2.24, 2.45) is 0 Å². The minimum absolute atomic E-state index is 0.0488. The molecule has 1 aromatic rings. The first kappa shape index (κ1) is 17.5. The van der Waals surface area contributed by atoms with Crippen molar-refractivity contribution in [3.8, 4) is 0 Å². The van der Waals surface area contributed by atoms with E-state index in [1.54, 1.807) is 0 Å². The molecule has 2 heterocycles. The number of carbonyl (C=O) groups excluding carboxylic acids is 3. The van der Waals surface area contributed by atoms with Crippen molar-refractivity contribution in [3.05, 3.63) is 34.3 Å². The fourth-order valence-corrected chi connectivity index (χ4v) is 4.45. The molecule has 5 nitrogen and oxygen atoms in total. The normalized spacial score (nSPS) is 19.2. The number of aryl methyl sites for hydroxylation is 1. The van der Waals surface area contributed by atoms with Crippen molar-refractivity contribution < 1.29 is 14.4 Å². The highest BCUT2D eigenvalue weighted by Crippen LogP contribution is 2.27. The Bertz CT molecular complexity index is 643. The zero-order chi connectivity index (χ0) is 17.1. The Hall–Kier alpha value is -1.34. The highest BCUT2D eigenvalue weighted by molar-refractivity contribution is 9.10. The van der Waals surface area contributed by atoms with Gasteiger partial charge in [-0.15, -0.1) is 0 Å². The Labute approximate surface area is 153 Å². The van der Waals surface area contributed by atoms with Gasteiger partial charge in [0.1, 0.15) is 0 Å². The molecular weight excluding hydrogens is 392 g/mol. The molecule has 0 bridgehead atoms. The highest BCUT2D eigenvalue weighted by atomic mass is 79.9. The molecule has 3 rings (SSSR count). The van der Waals surface area contributed by atoms with Crippen molar-refractivity contribution in [2.75, 3.05) is 18.8 Å². The monoisotopic (exact) mass is 410 g/mol. The molecule has 0 unspecified atom stereocenters. The minimum Gasteiger partial charge on any atom is -0.343 e. The number of piperidine rings is 1. The summed E-state index contributed by atoms with van der Waals surface area (Å²) >= 11 is 4.58. The van der Waals surface area contributed by atoms with Crippen molar-refractivity contribution in [1.82, 2.24) is 9.80 Å². The van der Waals surface area contributed by atoms with Gasteiger partial charge in [0.2, 0.25) is 11.8 Å². The molecule has 2 fully saturated rings. The largest absolute Gasteiger partial charge is 0.343 e. The molecule has 0 saturated carbocycles. The third-order valence-corrected chi connectivity index (χ3v) is 6.14. The number of amides is 3. The summed E-state index contributed by atoms with van der Waals surface area (Å²) in [5.74, 6) is 0.297. The fourth-order valence-electron chi connectivity index (χ4n) is 3.19. The van der Waals surface area contributed by atoms with Crippen LogP contribution in [0.1, 0.15) is 24.8 Å². The first-order chi connectivity index (χ1) is 11.6. The van der Waals surface area contributed by atoms with Crippen molar-refractivity contribution >= 4 is 44.7 Å². The van der Waals surface area contributed by atoms with Gasteiger partial charge < -0.3 is 4.90 Å². The second kappa shape index (κ2) is 7.70. The van der Waals surface area contributed by atoms with Gasteiger partial charge in [0.15, 0.2) is 0 Å². The number of likely N-dealkylation sites (tertiary alicyclic amines) is 1. The molecule has 2 aliphatic rings. The number of nitrogens with zero attached hydrogens (tertiary/aromatic N) is 2. The second-order valence-electron chi connectivity index (χ2n) is 6.02. The molecule has 2 aliphatic heterocycles. The number of imide groups is 1. The molecule has 1 aromatic carbocycles. The van der Waals surface area contributed by atoms with Gasteiger partial charge in [-0.25, -0.2) is 0 Å². The Kier molecular flexibility index (Phi) is 5.61. The summed E-state index contributed by atoms with van der Waals surface area (Å²) < 4.78 is 1.03. The Morgan fingerprint density at radius 1 is 1.21 bits per heavy atom. The maximum atomic E-state index is 12.4. The number of halogens is 1. The first-order valence-electron chi connectivity index (χ1n) is 8.06. The zero-order valence-corrected chi connectivity index (χ0v) is 15.6. The highest BCUT2D eigenvalue weighted by Gasteiger charge is 2.37. The maximum absolute atomic E-state index is 12.4. The second-order valence-corrected chi connectivity index (χ2v) is 7.80. The van der Waals surface area contributed by atoms with E-state index in [0.717, 1.165) is 21.8 Å². The van der Waals surface area contributed by atoms with E-state index in [1.807, 2.05) is 29.2 Å². The minimum atomic E-state index is -0.140. The van der Waals surface area contributed by atoms with Crippen LogP contribution < -0.4 is 0 Å². The third kappa shape index (κ3) is 3.83. The lowest BCUT2D eigenvalue weighted by atomic mass is 10.0. The van der Waals surface area contributed by atoms with Crippen molar-refractivity contribution in [1.29, 1.82) is 0 Å². The molecule has 0 aromatic heterocycles. The molecule has 0 atom stereocenters. The van der Waals surface area contributed by atoms with Gasteiger partial charge in [-0.2, -0.15) is 0 Å². The number of rotatable bonds is 4. The van der Waals surface area contributed by atoms with Gasteiger partial charge in [0.25, 0.3) is 5.24 Å². The van der Waals surface area contributed by atoms with Crippen molar-refractivity contribution in [2.45, 2.75) is 31.7 Å². The zero-order valence-electron chi connectivity index (χ0n) is 13.2. The number of thioether (sulfide) groups is 1. The predicted octanol–water partition coefficient (Wildman–Crippen LogP) is 3.07. The molecule has 0 radical (unpaired) electrons. The smallest absolute Gasteiger partial charge is 0.289 e. The summed E-state index contributed by atoms with van der Waals surface area (Å²) in [7, 11) is 0. The van der Waals surface area contributed by atoms with Crippen LogP contribution in [0.25, 0.3) is 0 Å². The summed E-state index contributed by atoms with van der Waals surface area (Å²) in [4.78, 5) is 39.2. The molecule has 24 heavy (non-hydrogen) atoms. The van der Waals surface area contributed by atoms with E-state index in [-0.39, 0.29) is 28.8 Å². The average Bonchev–Trinajstić information content (AvgIpc) is 2.93. The van der Waals surface area contributed by atoms with Crippen LogP contribution in [0.3, 0.4) is 0 Å². The van der Waals surface area contributed by atoms with Crippen LogP contribution >= 0.6 is 27.7 Å². The fraction of sp³-hybridized carbons (Fsp3) is 0.471. The lowest BCUT2D eigenvalue weighted by Gasteiger charge is -2.35. The van der Waals surface area contributed by atoms with Gasteiger partial charge in [0.05, 0.1) is 5.75 Å². The SMILES string of the molecule is O=C(CCc1ccccc1Br)N1CCC(N2C(=O)CSC2=O)CC1. The molecule has 128 valence electrons. The van der Waals surface area contributed by atoms with E-state index >= 15 is 0 Å². The van der Waals surface area contributed by atoms with E-state index in [0.29, 0.717) is 38.8 Å². The summed E-state index contributed by atoms with van der Waals surface area (Å²) in [5.41, 5.74) is 1.13. The number of hydrogen-bond donors (Lipinski definition) is 0. The van der Waals surface area contributed by atoms with Crippen LogP contribution in [0, 0.1) is 0 Å². The van der Waals surface area contributed by atoms with Crippen LogP contribution in [0.4, 0.5) is 4.79 Å². The summed E-state index contributed by atoms with van der Waals surface area (Å²) in [6, 6.07) is 7.88. The van der Waals surface area contributed by atoms with Crippen molar-refractivity contribution in [3.63, 3.8) is 0 Å². The summed E-state index contributed by atoms with van der Waals surface area (Å²) in [6.45, 7) is 1.22. The van der Waals surface area contributed by atoms with E-state index in [2.05, 4.69) is 15.9 Å². The van der Waals surface area contributed by atoms with Crippen LogP contribution in [-0.2, 0) is 16.0 Å². The molecule has 2 saturated heterocycles. The Balaban J connectivity index is 1.49. The molecule has 3 amide bonds. The predicted molar refractivity (Wildman–Crippen MR) is 96.8 cm³/mol. The van der Waals surface area contributed by atoms with Gasteiger partial charge in [-0.3, -0.25) is 19.3 Å². The quantitative estimate of drug-likeness (QED) is 0.764. The van der Waals surface area contributed by atoms with E-state index < -0.39 is 0 Å². The van der Waals surface area contributed by atoms with Gasteiger partial charge in [-0.1, -0.05) is 45.9 Å². The standard InChI is InChI=1S/C17H19BrN2O3S/c18-14-4-2-1-3-12(14)5-6-15(21)19-9-7-13(8-10-19)20-16(22)11-24-17(20)23/h1-4,13H,5-11H2. The molecule has 0 aliphatic carbocycles. The third-order valence-electron chi connectivity index (χ3n) is 4.53. The molecule has 0 spiro atoms. The number of carbonyl (C=O) groups is 3. The van der Waals surface area contributed by atoms with Crippen LogP contribution in [0.5, 0.6) is 0 Å². The topological polar surface area (TPSA) is 57.7 Å². The van der Waals surface area contributed by atoms with E-state index in [1.165, 1.54) is 4.90 Å². The lowest BCUT2D eigenvalue weighted by Crippen LogP contribution is -2.48. The van der Waals surface area contributed by atoms with Crippen LogP contribution in [0.15, 0.2) is 28.7 Å². The summed E-state index contributed by atoms with van der Waals surface area (Å²) in [5, 5.41) is -0.140. The van der Waals surface area contributed by atoms with Gasteiger partial charge in [0, 0.05) is 30.0 Å². The Morgan fingerprint density at radius 2 is 1.92 bits per heavy atom. The number of benzene rings is 1. The van der Waals surface area contributed by atoms with Crippen LogP contribution in [0.2, 0.25) is 0 Å². The number of hydrogen-bond acceptors (Lipinski definition) is 4. The molecule has 7 heteroatoms. The van der Waals surface area contributed by atoms with E-state index in [4.69, 9.17) is 0 Å². The molecular formula is C17H19BrN2O3S. The Morgan fingerprint density at radius 3 is 2.54 bits per heavy atom. The van der Waals surface area contributed by atoms with Gasteiger partial charge in [-0.05, 0) is 30.9 Å².